The van der Waals surface area contributed by atoms with Gasteiger partial charge in [0.1, 0.15) is 5.75 Å². The molecule has 20 heavy (non-hydrogen) atoms. The van der Waals surface area contributed by atoms with Crippen molar-refractivity contribution >= 4 is 0 Å². The molecule has 0 aliphatic rings. The highest BCUT2D eigenvalue weighted by Crippen LogP contribution is 2.24. The molecule has 0 radical (unpaired) electrons. The molecule has 0 aromatic heterocycles. The zero-order valence-electron chi connectivity index (χ0n) is 13.6. The van der Waals surface area contributed by atoms with Gasteiger partial charge in [-0.25, -0.2) is 0 Å². The fraction of sp³-hybridized carbons (Fsp3) is 0.647. The first-order chi connectivity index (χ1) is 9.41. The fourth-order valence-corrected chi connectivity index (χ4v) is 2.19. The smallest absolute Gasteiger partial charge is 0.120 e. The highest BCUT2D eigenvalue weighted by atomic mass is 16.3. The summed E-state index contributed by atoms with van der Waals surface area (Å²) in [6, 6.07) is 6.69. The Morgan fingerprint density at radius 1 is 1.20 bits per heavy atom. The Morgan fingerprint density at radius 2 is 1.90 bits per heavy atom. The van der Waals surface area contributed by atoms with Crippen LogP contribution in [0.3, 0.4) is 0 Å². The summed E-state index contributed by atoms with van der Waals surface area (Å²) in [4.78, 5) is 2.37. The molecule has 0 fully saturated rings. The molecule has 3 nitrogen and oxygen atoms in total. The second kappa shape index (κ2) is 8.28. The van der Waals surface area contributed by atoms with Crippen LogP contribution in [0.15, 0.2) is 18.2 Å². The van der Waals surface area contributed by atoms with Crippen LogP contribution in [0, 0.1) is 6.92 Å². The van der Waals surface area contributed by atoms with Gasteiger partial charge in [0.15, 0.2) is 0 Å². The van der Waals surface area contributed by atoms with E-state index < -0.39 is 0 Å². The molecule has 114 valence electrons. The number of aryl methyl sites for hydroxylation is 1. The van der Waals surface area contributed by atoms with Crippen LogP contribution in [-0.2, 0) is 0 Å². The standard InChI is InChI=1S/C17H30N2O/c1-13(2)19(5)11-7-6-10-18-15(4)16-9-8-14(3)12-17(16)20/h8-9,12-13,15,18,20H,6-7,10-11H2,1-5H3. The predicted octanol–water partition coefficient (Wildman–Crippen LogP) is 3.47. The summed E-state index contributed by atoms with van der Waals surface area (Å²) in [6.07, 6.45) is 2.36. The van der Waals surface area contributed by atoms with Gasteiger partial charge in [0.2, 0.25) is 0 Å². The average Bonchev–Trinajstić information content (AvgIpc) is 2.37. The van der Waals surface area contributed by atoms with E-state index in [2.05, 4.69) is 38.0 Å². The third-order valence-electron chi connectivity index (χ3n) is 3.92. The van der Waals surface area contributed by atoms with Gasteiger partial charge in [-0.1, -0.05) is 12.1 Å². The predicted molar refractivity (Wildman–Crippen MR) is 86.3 cm³/mol. The third kappa shape index (κ3) is 5.51. The van der Waals surface area contributed by atoms with Crippen molar-refractivity contribution in [1.82, 2.24) is 10.2 Å². The monoisotopic (exact) mass is 278 g/mol. The summed E-state index contributed by atoms with van der Waals surface area (Å²) in [5.41, 5.74) is 2.07. The van der Waals surface area contributed by atoms with Crippen LogP contribution in [0.5, 0.6) is 5.75 Å². The largest absolute Gasteiger partial charge is 0.508 e. The highest BCUT2D eigenvalue weighted by Gasteiger charge is 2.09. The molecular formula is C17H30N2O. The van der Waals surface area contributed by atoms with Gasteiger partial charge >= 0.3 is 0 Å². The van der Waals surface area contributed by atoms with Crippen LogP contribution >= 0.6 is 0 Å². The first kappa shape index (κ1) is 17.0. The molecule has 0 amide bonds. The van der Waals surface area contributed by atoms with Crippen molar-refractivity contribution in [3.8, 4) is 5.75 Å². The van der Waals surface area contributed by atoms with Gasteiger partial charge in [0, 0.05) is 17.6 Å². The van der Waals surface area contributed by atoms with Crippen molar-refractivity contribution in [2.75, 3.05) is 20.1 Å². The van der Waals surface area contributed by atoms with Gasteiger partial charge in [-0.3, -0.25) is 0 Å². The zero-order valence-corrected chi connectivity index (χ0v) is 13.6. The summed E-state index contributed by atoms with van der Waals surface area (Å²) in [5, 5.41) is 13.4. The van der Waals surface area contributed by atoms with Crippen LogP contribution in [0.4, 0.5) is 0 Å². The van der Waals surface area contributed by atoms with Crippen molar-refractivity contribution in [2.24, 2.45) is 0 Å². The average molecular weight is 278 g/mol. The molecule has 1 atom stereocenters. The van der Waals surface area contributed by atoms with Crippen molar-refractivity contribution in [1.29, 1.82) is 0 Å². The number of benzene rings is 1. The van der Waals surface area contributed by atoms with Crippen LogP contribution in [0.2, 0.25) is 0 Å². The lowest BCUT2D eigenvalue weighted by Crippen LogP contribution is -2.28. The third-order valence-corrected chi connectivity index (χ3v) is 3.92. The van der Waals surface area contributed by atoms with E-state index in [0.29, 0.717) is 11.8 Å². The minimum atomic E-state index is 0.193. The number of hydrogen-bond acceptors (Lipinski definition) is 3. The molecule has 1 aromatic rings. The van der Waals surface area contributed by atoms with E-state index in [9.17, 15) is 5.11 Å². The molecule has 3 heteroatoms. The maximum atomic E-state index is 9.95. The highest BCUT2D eigenvalue weighted by molar-refractivity contribution is 5.37. The Morgan fingerprint density at radius 3 is 2.50 bits per heavy atom. The van der Waals surface area contributed by atoms with Crippen LogP contribution in [0.25, 0.3) is 0 Å². The first-order valence-corrected chi connectivity index (χ1v) is 7.65. The van der Waals surface area contributed by atoms with E-state index in [4.69, 9.17) is 0 Å². The number of rotatable bonds is 8. The number of hydrogen-bond donors (Lipinski definition) is 2. The minimum absolute atomic E-state index is 0.193. The SMILES string of the molecule is Cc1ccc(C(C)NCCCCN(C)C(C)C)c(O)c1. The summed E-state index contributed by atoms with van der Waals surface area (Å²) in [5.74, 6) is 0.393. The quantitative estimate of drug-likeness (QED) is 0.715. The van der Waals surface area contributed by atoms with E-state index in [0.717, 1.165) is 30.6 Å². The second-order valence-corrected chi connectivity index (χ2v) is 6.02. The molecule has 1 unspecified atom stereocenters. The Bertz CT molecular complexity index is 404. The van der Waals surface area contributed by atoms with Gasteiger partial charge in [0.05, 0.1) is 0 Å². The normalized spacial score (nSPS) is 13.2. The van der Waals surface area contributed by atoms with Crippen molar-refractivity contribution < 1.29 is 5.11 Å². The van der Waals surface area contributed by atoms with Crippen molar-refractivity contribution in [2.45, 2.75) is 52.6 Å². The molecule has 0 saturated carbocycles. The van der Waals surface area contributed by atoms with Crippen molar-refractivity contribution in [3.05, 3.63) is 29.3 Å². The number of aromatic hydroxyl groups is 1. The lowest BCUT2D eigenvalue weighted by molar-refractivity contribution is 0.267. The van der Waals surface area contributed by atoms with Crippen LogP contribution < -0.4 is 5.32 Å². The van der Waals surface area contributed by atoms with E-state index in [-0.39, 0.29) is 6.04 Å². The Hall–Kier alpha value is -1.06. The zero-order chi connectivity index (χ0) is 15.1. The molecule has 1 rings (SSSR count). The van der Waals surface area contributed by atoms with Gasteiger partial charge in [-0.2, -0.15) is 0 Å². The maximum absolute atomic E-state index is 9.95. The summed E-state index contributed by atoms with van der Waals surface area (Å²) in [6.45, 7) is 10.7. The first-order valence-electron chi connectivity index (χ1n) is 7.65. The van der Waals surface area contributed by atoms with E-state index >= 15 is 0 Å². The maximum Gasteiger partial charge on any atom is 0.120 e. The van der Waals surface area contributed by atoms with E-state index in [1.165, 1.54) is 6.42 Å². The molecule has 0 spiro atoms. The topological polar surface area (TPSA) is 35.5 Å². The summed E-state index contributed by atoms with van der Waals surface area (Å²) >= 11 is 0. The molecule has 0 aliphatic heterocycles. The van der Waals surface area contributed by atoms with Gasteiger partial charge < -0.3 is 15.3 Å². The molecule has 0 heterocycles. The van der Waals surface area contributed by atoms with Gasteiger partial charge in [-0.15, -0.1) is 0 Å². The molecular weight excluding hydrogens is 248 g/mol. The van der Waals surface area contributed by atoms with Crippen LogP contribution in [0.1, 0.15) is 50.8 Å². The lowest BCUT2D eigenvalue weighted by Gasteiger charge is -2.21. The van der Waals surface area contributed by atoms with Gasteiger partial charge in [-0.05, 0) is 72.3 Å². The van der Waals surface area contributed by atoms with E-state index in [1.54, 1.807) is 0 Å². The number of nitrogens with one attached hydrogen (secondary N) is 1. The van der Waals surface area contributed by atoms with Crippen molar-refractivity contribution in [3.63, 3.8) is 0 Å². The summed E-state index contributed by atoms with van der Waals surface area (Å²) in [7, 11) is 2.17. The fourth-order valence-electron chi connectivity index (χ4n) is 2.19. The number of phenolic OH excluding ortho intramolecular Hbond substituents is 1. The molecule has 0 saturated heterocycles. The molecule has 2 N–H and O–H groups in total. The number of phenols is 1. The Labute approximate surface area is 124 Å². The Kier molecular flexibility index (Phi) is 7.03. The Balaban J connectivity index is 2.28. The van der Waals surface area contributed by atoms with E-state index in [1.807, 2.05) is 25.1 Å². The summed E-state index contributed by atoms with van der Waals surface area (Å²) < 4.78 is 0. The number of unbranched alkanes of at least 4 members (excludes halogenated alkanes) is 1. The van der Waals surface area contributed by atoms with Gasteiger partial charge in [0.25, 0.3) is 0 Å². The molecule has 0 bridgehead atoms. The number of nitrogens with zero attached hydrogens (tertiary/aromatic N) is 1. The molecule has 0 aliphatic carbocycles. The second-order valence-electron chi connectivity index (χ2n) is 6.02. The van der Waals surface area contributed by atoms with Crippen LogP contribution in [-0.4, -0.2) is 36.2 Å². The lowest BCUT2D eigenvalue weighted by atomic mass is 10.0. The molecule has 1 aromatic carbocycles. The minimum Gasteiger partial charge on any atom is -0.508 e.